The summed E-state index contributed by atoms with van der Waals surface area (Å²) in [6.07, 6.45) is 21.2. The second kappa shape index (κ2) is 25.0. The molecule has 4 unspecified atom stereocenters. The molecule has 0 aromatic rings. The minimum absolute atomic E-state index is 0.0866. The van der Waals surface area contributed by atoms with Gasteiger partial charge in [-0.3, -0.25) is 9.59 Å². The molecule has 0 aliphatic rings. The number of allylic oxidation sites excluding steroid dienone is 10. The predicted octanol–water partition coefficient (Wildman–Crippen LogP) is 9.79. The zero-order valence-electron chi connectivity index (χ0n) is 29.0. The average molecular weight is 599 g/mol. The van der Waals surface area contributed by atoms with Gasteiger partial charge in [-0.15, -0.1) is 0 Å². The molecule has 0 rings (SSSR count). The second-order valence-electron chi connectivity index (χ2n) is 11.7. The van der Waals surface area contributed by atoms with Crippen molar-refractivity contribution >= 4 is 12.6 Å². The summed E-state index contributed by atoms with van der Waals surface area (Å²) in [5.41, 5.74) is 7.30. The van der Waals surface area contributed by atoms with Gasteiger partial charge in [-0.2, -0.15) is 0 Å². The maximum Gasteiger partial charge on any atom is 0.142 e. The van der Waals surface area contributed by atoms with Crippen molar-refractivity contribution in [2.45, 2.75) is 145 Å². The first-order valence-electron chi connectivity index (χ1n) is 16.3. The van der Waals surface area contributed by atoms with Crippen LogP contribution in [-0.2, 0) is 23.8 Å². The van der Waals surface area contributed by atoms with Crippen molar-refractivity contribution in [3.05, 3.63) is 69.9 Å². The molecule has 0 amide bonds. The third-order valence-electron chi connectivity index (χ3n) is 7.68. The molecule has 43 heavy (non-hydrogen) atoms. The molecule has 244 valence electrons. The summed E-state index contributed by atoms with van der Waals surface area (Å²) < 4.78 is 19.0. The molecule has 0 aliphatic heterocycles. The highest BCUT2D eigenvalue weighted by Gasteiger charge is 2.29. The van der Waals surface area contributed by atoms with E-state index in [-0.39, 0.29) is 24.4 Å². The van der Waals surface area contributed by atoms with Crippen molar-refractivity contribution < 1.29 is 23.8 Å². The van der Waals surface area contributed by atoms with Gasteiger partial charge >= 0.3 is 0 Å². The number of rotatable bonds is 24. The Morgan fingerprint density at radius 3 is 1.19 bits per heavy atom. The average Bonchev–Trinajstić information content (AvgIpc) is 2.93. The van der Waals surface area contributed by atoms with Crippen LogP contribution in [0.15, 0.2) is 69.9 Å². The Bertz CT molecular complexity index is 900. The minimum atomic E-state index is -0.180. The lowest BCUT2D eigenvalue weighted by Gasteiger charge is -2.33. The van der Waals surface area contributed by atoms with Crippen LogP contribution in [0.1, 0.15) is 121 Å². The van der Waals surface area contributed by atoms with E-state index in [9.17, 15) is 9.59 Å². The van der Waals surface area contributed by atoms with Gasteiger partial charge in [0, 0.05) is 13.2 Å². The molecule has 0 aromatic heterocycles. The van der Waals surface area contributed by atoms with Crippen LogP contribution in [0.3, 0.4) is 0 Å². The van der Waals surface area contributed by atoms with Crippen molar-refractivity contribution in [1.82, 2.24) is 0 Å². The summed E-state index contributed by atoms with van der Waals surface area (Å²) in [5.74, 6) is 0. The second-order valence-corrected chi connectivity index (χ2v) is 11.7. The van der Waals surface area contributed by atoms with Gasteiger partial charge in [-0.05, 0) is 144 Å². The van der Waals surface area contributed by atoms with Crippen LogP contribution in [0.5, 0.6) is 0 Å². The molecular formula is C38H62O5. The zero-order valence-corrected chi connectivity index (χ0v) is 29.0. The normalized spacial score (nSPS) is 17.1. The van der Waals surface area contributed by atoms with Gasteiger partial charge in [0.1, 0.15) is 24.8 Å². The Hall–Kier alpha value is -2.34. The minimum Gasteiger partial charge on any atom is -0.376 e. The van der Waals surface area contributed by atoms with E-state index in [1.54, 1.807) is 12.2 Å². The highest BCUT2D eigenvalue weighted by molar-refractivity contribution is 5.66. The van der Waals surface area contributed by atoms with Gasteiger partial charge in [0.2, 0.25) is 0 Å². The zero-order chi connectivity index (χ0) is 32.6. The molecule has 0 heterocycles. The van der Waals surface area contributed by atoms with Crippen molar-refractivity contribution in [3.8, 4) is 0 Å². The van der Waals surface area contributed by atoms with Gasteiger partial charge in [0.25, 0.3) is 0 Å². The topological polar surface area (TPSA) is 61.8 Å². The van der Waals surface area contributed by atoms with Gasteiger partial charge < -0.3 is 14.2 Å². The standard InChI is InChI=1S/C38H62O5/c1-11-41-35(9)37(33(7)23-15-21-29(3)17-13-19-31(5)25-27-39)43-38(36(10)42-12-2)34(8)24-16-22-30(4)18-14-20-32(6)26-28-40/h17-18,23-28,35-38H,11-16,19-22H2,1-10H3. The lowest BCUT2D eigenvalue weighted by molar-refractivity contribution is -0.108. The van der Waals surface area contributed by atoms with Crippen molar-refractivity contribution in [2.24, 2.45) is 0 Å². The Labute approximate surface area is 264 Å². The lowest BCUT2D eigenvalue weighted by atomic mass is 10.00. The third-order valence-corrected chi connectivity index (χ3v) is 7.68. The summed E-state index contributed by atoms with van der Waals surface area (Å²) in [6, 6.07) is 0. The molecule has 4 atom stereocenters. The smallest absolute Gasteiger partial charge is 0.142 e. The molecule has 5 nitrogen and oxygen atoms in total. The molecule has 5 heteroatoms. The van der Waals surface area contributed by atoms with Gasteiger partial charge in [-0.25, -0.2) is 0 Å². The summed E-state index contributed by atoms with van der Waals surface area (Å²) in [5, 5.41) is 0. The first-order valence-corrected chi connectivity index (χ1v) is 16.3. The number of ether oxygens (including phenoxy) is 3. The SMILES string of the molecule is CCOC(C)C(OC(C(C)=CCCC(C)=CCCC(C)=CC=O)C(C)OCC)C(C)=CCCC(C)=CCCC(C)=CC=O. The molecule has 0 N–H and O–H groups in total. The number of aldehydes is 2. The Morgan fingerprint density at radius 1 is 0.535 bits per heavy atom. The number of carbonyl (C=O) groups excluding carboxylic acids is 2. The van der Waals surface area contributed by atoms with E-state index < -0.39 is 0 Å². The maximum absolute atomic E-state index is 10.6. The Kier molecular flexibility index (Phi) is 23.7. The quantitative estimate of drug-likeness (QED) is 0.0629. The molecule has 0 bridgehead atoms. The van der Waals surface area contributed by atoms with Crippen molar-refractivity contribution in [1.29, 1.82) is 0 Å². The van der Waals surface area contributed by atoms with Crippen LogP contribution in [0.2, 0.25) is 0 Å². The largest absolute Gasteiger partial charge is 0.376 e. The van der Waals surface area contributed by atoms with E-state index in [0.717, 1.165) is 75.1 Å². The fourth-order valence-corrected chi connectivity index (χ4v) is 5.02. The van der Waals surface area contributed by atoms with Gasteiger partial charge in [-0.1, -0.05) is 46.6 Å². The molecule has 0 saturated carbocycles. The molecular weight excluding hydrogens is 536 g/mol. The van der Waals surface area contributed by atoms with E-state index >= 15 is 0 Å². The van der Waals surface area contributed by atoms with E-state index in [1.807, 2.05) is 27.7 Å². The monoisotopic (exact) mass is 598 g/mol. The van der Waals surface area contributed by atoms with Crippen LogP contribution >= 0.6 is 0 Å². The van der Waals surface area contributed by atoms with Gasteiger partial charge in [0.15, 0.2) is 0 Å². The van der Waals surface area contributed by atoms with E-state index in [1.165, 1.54) is 22.3 Å². The van der Waals surface area contributed by atoms with E-state index in [4.69, 9.17) is 14.2 Å². The predicted molar refractivity (Wildman–Crippen MR) is 182 cm³/mol. The first kappa shape index (κ1) is 40.7. The molecule has 0 radical (unpaired) electrons. The summed E-state index contributed by atoms with van der Waals surface area (Å²) in [7, 11) is 0. The molecule has 0 saturated heterocycles. The highest BCUT2D eigenvalue weighted by Crippen LogP contribution is 2.24. The number of hydrogen-bond acceptors (Lipinski definition) is 5. The summed E-state index contributed by atoms with van der Waals surface area (Å²) in [6.45, 7) is 22.1. The fraction of sp³-hybridized carbons (Fsp3) is 0.632. The Morgan fingerprint density at radius 2 is 0.860 bits per heavy atom. The molecule has 0 aliphatic carbocycles. The fourth-order valence-electron chi connectivity index (χ4n) is 5.02. The summed E-state index contributed by atoms with van der Waals surface area (Å²) >= 11 is 0. The number of hydrogen-bond donors (Lipinski definition) is 0. The molecule has 0 spiro atoms. The number of carbonyl (C=O) groups is 2. The first-order chi connectivity index (χ1) is 20.5. The highest BCUT2D eigenvalue weighted by atomic mass is 16.6. The van der Waals surface area contributed by atoms with Crippen LogP contribution in [0, 0.1) is 0 Å². The van der Waals surface area contributed by atoms with Crippen LogP contribution in [-0.4, -0.2) is 50.2 Å². The van der Waals surface area contributed by atoms with Crippen LogP contribution in [0.4, 0.5) is 0 Å². The van der Waals surface area contributed by atoms with Crippen molar-refractivity contribution in [3.63, 3.8) is 0 Å². The Balaban J connectivity index is 5.57. The molecule has 0 fully saturated rings. The maximum atomic E-state index is 10.6. The van der Waals surface area contributed by atoms with E-state index in [2.05, 4.69) is 65.8 Å². The van der Waals surface area contributed by atoms with E-state index in [0.29, 0.717) is 13.2 Å². The van der Waals surface area contributed by atoms with Crippen LogP contribution < -0.4 is 0 Å². The van der Waals surface area contributed by atoms with Crippen molar-refractivity contribution in [2.75, 3.05) is 13.2 Å². The third kappa shape index (κ3) is 19.5. The lowest BCUT2D eigenvalue weighted by Crippen LogP contribution is -2.40. The summed E-state index contributed by atoms with van der Waals surface area (Å²) in [4.78, 5) is 21.3. The van der Waals surface area contributed by atoms with Gasteiger partial charge in [0.05, 0.1) is 12.2 Å². The molecule has 0 aromatic carbocycles. The van der Waals surface area contributed by atoms with Crippen LogP contribution in [0.25, 0.3) is 0 Å².